The third kappa shape index (κ3) is 2.43. The summed E-state index contributed by atoms with van der Waals surface area (Å²) >= 11 is 0. The van der Waals surface area contributed by atoms with Crippen molar-refractivity contribution in [2.45, 2.75) is 91.0 Å². The molecule has 166 valence electrons. The maximum atomic E-state index is 13.3. The van der Waals surface area contributed by atoms with Crippen molar-refractivity contribution in [3.05, 3.63) is 12.2 Å². The van der Waals surface area contributed by atoms with Crippen LogP contribution in [0.5, 0.6) is 0 Å². The summed E-state index contributed by atoms with van der Waals surface area (Å²) in [4.78, 5) is 13.3. The molecule has 0 radical (unpaired) electrons. The molecule has 0 aromatic heterocycles. The highest BCUT2D eigenvalue weighted by atomic mass is 16.7. The van der Waals surface area contributed by atoms with Crippen molar-refractivity contribution in [2.75, 3.05) is 6.61 Å². The van der Waals surface area contributed by atoms with Crippen LogP contribution in [0.3, 0.4) is 0 Å². The second-order valence-corrected chi connectivity index (χ2v) is 12.5. The lowest BCUT2D eigenvalue weighted by Gasteiger charge is -2.59. The van der Waals surface area contributed by atoms with E-state index in [2.05, 4.69) is 39.8 Å². The van der Waals surface area contributed by atoms with Gasteiger partial charge >= 0.3 is 0 Å². The van der Waals surface area contributed by atoms with E-state index in [1.165, 1.54) is 19.3 Å². The van der Waals surface area contributed by atoms with E-state index in [-0.39, 0.29) is 17.1 Å². The predicted molar refractivity (Wildman–Crippen MR) is 117 cm³/mol. The zero-order valence-corrected chi connectivity index (χ0v) is 19.4. The van der Waals surface area contributed by atoms with E-state index < -0.39 is 0 Å². The first-order valence-corrected chi connectivity index (χ1v) is 12.8. The molecular weight excluding hydrogens is 372 g/mol. The molecule has 6 aliphatic rings. The molecule has 30 heavy (non-hydrogen) atoms. The zero-order chi connectivity index (χ0) is 20.9. The molecule has 1 spiro atoms. The number of Topliss-reactive ketones (excluding diaryl/α,β-unsaturated/α-hetero) is 1. The number of allylic oxidation sites excluding steroid dienone is 2. The Labute approximate surface area is 182 Å². The van der Waals surface area contributed by atoms with E-state index in [1.807, 2.05) is 0 Å². The van der Waals surface area contributed by atoms with Crippen molar-refractivity contribution in [2.24, 2.45) is 52.3 Å². The van der Waals surface area contributed by atoms with Crippen LogP contribution in [0.25, 0.3) is 0 Å². The van der Waals surface area contributed by atoms with Gasteiger partial charge in [-0.1, -0.05) is 39.8 Å². The summed E-state index contributed by atoms with van der Waals surface area (Å²) in [7, 11) is 0. The van der Waals surface area contributed by atoms with Gasteiger partial charge in [-0.2, -0.15) is 0 Å². The molecule has 5 fully saturated rings. The smallest absolute Gasteiger partial charge is 0.171 e. The summed E-state index contributed by atoms with van der Waals surface area (Å²) in [6.07, 6.45) is 13.9. The maximum Gasteiger partial charge on any atom is 0.171 e. The summed E-state index contributed by atoms with van der Waals surface area (Å²) in [6, 6.07) is 0. The summed E-state index contributed by atoms with van der Waals surface area (Å²) < 4.78 is 13.3. The van der Waals surface area contributed by atoms with E-state index in [4.69, 9.17) is 9.47 Å². The summed E-state index contributed by atoms with van der Waals surface area (Å²) in [5.74, 6) is 4.10. The van der Waals surface area contributed by atoms with Crippen LogP contribution in [0.4, 0.5) is 0 Å². The lowest BCUT2D eigenvalue weighted by atomic mass is 9.45. The van der Waals surface area contributed by atoms with Crippen LogP contribution in [-0.2, 0) is 14.3 Å². The number of hydrogen-bond acceptors (Lipinski definition) is 3. The Bertz CT molecular complexity index is 764. The highest BCUT2D eigenvalue weighted by molar-refractivity contribution is 5.83. The molecule has 0 aromatic carbocycles. The molecule has 11 atom stereocenters. The van der Waals surface area contributed by atoms with Gasteiger partial charge in [-0.3, -0.25) is 4.79 Å². The zero-order valence-electron chi connectivity index (χ0n) is 19.4. The van der Waals surface area contributed by atoms with E-state index in [0.717, 1.165) is 38.7 Å². The first-order chi connectivity index (χ1) is 14.3. The molecule has 2 heterocycles. The highest BCUT2D eigenvalue weighted by Gasteiger charge is 2.69. The largest absolute Gasteiger partial charge is 0.349 e. The molecule has 0 aromatic rings. The van der Waals surface area contributed by atoms with Gasteiger partial charge in [0, 0.05) is 24.7 Å². The minimum atomic E-state index is -0.333. The number of carbonyl (C=O) groups excluding carboxylic acids is 1. The fraction of sp³-hybridized carbons (Fsp3) is 0.889. The molecule has 3 saturated carbocycles. The van der Waals surface area contributed by atoms with Gasteiger partial charge in [0.1, 0.15) is 5.78 Å². The molecule has 6 rings (SSSR count). The number of rotatable bonds is 0. The SMILES string of the molecule is CC1CC[C@@]2(OC1)O[C@H]1C[C@H]3[C@@H]4CC(=O)[C@H]5CC=CC[C@]5(C)[C@H]4CC[C@]3(C)[C@H]1[C@@H]2C. The molecular formula is C27H40O3. The van der Waals surface area contributed by atoms with E-state index in [9.17, 15) is 4.79 Å². The maximum absolute atomic E-state index is 13.3. The van der Waals surface area contributed by atoms with Crippen molar-refractivity contribution in [1.82, 2.24) is 0 Å². The average Bonchev–Trinajstić information content (AvgIpc) is 3.15. The summed E-state index contributed by atoms with van der Waals surface area (Å²) in [6.45, 7) is 10.6. The Morgan fingerprint density at radius 1 is 1.03 bits per heavy atom. The number of ether oxygens (including phenoxy) is 2. The molecule has 4 aliphatic carbocycles. The lowest BCUT2D eigenvalue weighted by Crippen LogP contribution is -2.56. The number of fused-ring (bicyclic) bond motifs is 7. The topological polar surface area (TPSA) is 35.5 Å². The number of hydrogen-bond donors (Lipinski definition) is 0. The third-order valence-corrected chi connectivity index (χ3v) is 11.3. The molecule has 3 nitrogen and oxygen atoms in total. The normalized spacial score (nSPS) is 59.5. The Balaban J connectivity index is 1.30. The van der Waals surface area contributed by atoms with Crippen molar-refractivity contribution in [3.8, 4) is 0 Å². The fourth-order valence-electron chi connectivity index (χ4n) is 9.67. The highest BCUT2D eigenvalue weighted by Crippen LogP contribution is 2.70. The molecule has 0 amide bonds. The van der Waals surface area contributed by atoms with Gasteiger partial charge in [0.15, 0.2) is 5.79 Å². The van der Waals surface area contributed by atoms with Crippen molar-refractivity contribution >= 4 is 5.78 Å². The van der Waals surface area contributed by atoms with Gasteiger partial charge in [-0.05, 0) is 78.9 Å². The Hall–Kier alpha value is -0.670. The van der Waals surface area contributed by atoms with Crippen molar-refractivity contribution in [1.29, 1.82) is 0 Å². The fourth-order valence-corrected chi connectivity index (χ4v) is 9.67. The first kappa shape index (κ1) is 20.0. The van der Waals surface area contributed by atoms with Crippen LogP contribution >= 0.6 is 0 Å². The summed E-state index contributed by atoms with van der Waals surface area (Å²) in [5, 5.41) is 0. The molecule has 1 unspecified atom stereocenters. The second kappa shape index (κ2) is 6.44. The molecule has 3 heteroatoms. The quantitative estimate of drug-likeness (QED) is 0.473. The van der Waals surface area contributed by atoms with Gasteiger partial charge in [-0.25, -0.2) is 0 Å². The Morgan fingerprint density at radius 3 is 2.63 bits per heavy atom. The van der Waals surface area contributed by atoms with Crippen LogP contribution in [0.1, 0.15) is 79.1 Å². The van der Waals surface area contributed by atoms with E-state index in [1.54, 1.807) is 0 Å². The third-order valence-electron chi connectivity index (χ3n) is 11.3. The van der Waals surface area contributed by atoms with Crippen LogP contribution in [0, 0.1) is 52.3 Å². The molecule has 2 aliphatic heterocycles. The van der Waals surface area contributed by atoms with Crippen LogP contribution < -0.4 is 0 Å². The molecule has 0 bridgehead atoms. The van der Waals surface area contributed by atoms with Crippen LogP contribution in [-0.4, -0.2) is 24.3 Å². The minimum absolute atomic E-state index is 0.185. The Kier molecular flexibility index (Phi) is 4.29. The first-order valence-electron chi connectivity index (χ1n) is 12.8. The molecule has 2 saturated heterocycles. The van der Waals surface area contributed by atoms with Gasteiger partial charge < -0.3 is 9.47 Å². The lowest BCUT2D eigenvalue weighted by molar-refractivity contribution is -0.272. The second-order valence-electron chi connectivity index (χ2n) is 12.5. The number of ketones is 1. The van der Waals surface area contributed by atoms with Gasteiger partial charge in [-0.15, -0.1) is 0 Å². The monoisotopic (exact) mass is 412 g/mol. The van der Waals surface area contributed by atoms with Crippen LogP contribution in [0.15, 0.2) is 12.2 Å². The van der Waals surface area contributed by atoms with E-state index in [0.29, 0.717) is 52.8 Å². The summed E-state index contributed by atoms with van der Waals surface area (Å²) in [5.41, 5.74) is 0.485. The predicted octanol–water partition coefficient (Wildman–Crippen LogP) is 5.78. The van der Waals surface area contributed by atoms with Crippen molar-refractivity contribution < 1.29 is 14.3 Å². The average molecular weight is 413 g/mol. The van der Waals surface area contributed by atoms with Gasteiger partial charge in [0.05, 0.1) is 12.7 Å². The standard InChI is InChI=1S/C27H40O3/c1-16-8-12-27(29-15-16)17(2)24-23(30-27)14-21-18-13-22(28)20-7-5-6-10-25(20,3)19(18)9-11-26(21,24)4/h5-6,16-21,23-24H,7-15H2,1-4H3/t16?,17-,18+,19-,20+,21-,23-,24-,25+,26-,27+/m0/s1. The number of carbonyl (C=O) groups is 1. The van der Waals surface area contributed by atoms with Crippen molar-refractivity contribution in [3.63, 3.8) is 0 Å². The van der Waals surface area contributed by atoms with Gasteiger partial charge in [0.25, 0.3) is 0 Å². The van der Waals surface area contributed by atoms with E-state index >= 15 is 0 Å². The molecule has 0 N–H and O–H groups in total. The van der Waals surface area contributed by atoms with Crippen LogP contribution in [0.2, 0.25) is 0 Å². The van der Waals surface area contributed by atoms with Gasteiger partial charge in [0.2, 0.25) is 0 Å². The minimum Gasteiger partial charge on any atom is -0.349 e. The Morgan fingerprint density at radius 2 is 1.87 bits per heavy atom.